The molecule has 0 aromatic carbocycles. The topological polar surface area (TPSA) is 109 Å². The van der Waals surface area contributed by atoms with Gasteiger partial charge >= 0.3 is 0 Å². The van der Waals surface area contributed by atoms with Crippen LogP contribution in [0.1, 0.15) is 35.1 Å². The molecule has 4 rings (SSSR count). The predicted molar refractivity (Wildman–Crippen MR) is 86.0 cm³/mol. The normalized spacial score (nSPS) is 21.4. The van der Waals surface area contributed by atoms with E-state index >= 15 is 0 Å². The molecule has 8 heteroatoms. The van der Waals surface area contributed by atoms with E-state index < -0.39 is 0 Å². The Morgan fingerprint density at radius 3 is 3.00 bits per heavy atom. The van der Waals surface area contributed by atoms with Crippen molar-refractivity contribution in [3.8, 4) is 0 Å². The van der Waals surface area contributed by atoms with Crippen molar-refractivity contribution in [3.05, 3.63) is 42.1 Å². The van der Waals surface area contributed by atoms with Gasteiger partial charge in [0.1, 0.15) is 0 Å². The van der Waals surface area contributed by atoms with Gasteiger partial charge in [0, 0.05) is 25.0 Å². The highest BCUT2D eigenvalue weighted by Crippen LogP contribution is 2.38. The maximum absolute atomic E-state index is 12.6. The Morgan fingerprint density at radius 2 is 2.33 bits per heavy atom. The highest BCUT2D eigenvalue weighted by atomic mass is 16.3. The zero-order valence-electron chi connectivity index (χ0n) is 13.2. The summed E-state index contributed by atoms with van der Waals surface area (Å²) in [6.45, 7) is 0. The first-order chi connectivity index (χ1) is 11.6. The first kappa shape index (κ1) is 14.8. The molecule has 124 valence electrons. The number of aromatic nitrogens is 5. The highest BCUT2D eigenvalue weighted by molar-refractivity contribution is 5.93. The van der Waals surface area contributed by atoms with E-state index in [1.807, 2.05) is 19.3 Å². The number of carbonyl (C=O) groups excluding carboxylic acids is 1. The van der Waals surface area contributed by atoms with Crippen LogP contribution < -0.4 is 5.32 Å². The van der Waals surface area contributed by atoms with Crippen molar-refractivity contribution in [2.45, 2.75) is 25.0 Å². The molecule has 24 heavy (non-hydrogen) atoms. The molecule has 0 unspecified atom stereocenters. The second-order valence-corrected chi connectivity index (χ2v) is 6.24. The lowest BCUT2D eigenvalue weighted by Gasteiger charge is -2.37. The molecule has 3 N–H and O–H groups in total. The quantitative estimate of drug-likeness (QED) is 0.661. The number of pyridine rings is 1. The van der Waals surface area contributed by atoms with E-state index in [1.165, 1.54) is 0 Å². The zero-order chi connectivity index (χ0) is 16.7. The van der Waals surface area contributed by atoms with Crippen molar-refractivity contribution < 1.29 is 9.90 Å². The fourth-order valence-corrected chi connectivity index (χ4v) is 3.14. The van der Waals surface area contributed by atoms with Crippen LogP contribution in [0.15, 0.2) is 30.7 Å². The van der Waals surface area contributed by atoms with Crippen LogP contribution in [0, 0.1) is 5.92 Å². The molecule has 3 aromatic rings. The molecule has 0 bridgehead atoms. The minimum atomic E-state index is -0.290. The molecule has 0 spiro atoms. The standard InChI is InChI=1S/C16H18N6O2/c1-22-8-10(7-18-22)13(9-5-11(23)6-9)20-16(24)15-19-12-3-2-4-17-14(12)21-15/h2-4,7-9,11,13,23H,5-6H2,1H3,(H,20,24)(H,17,19,21)/t9?,11?,13-/m0/s1. The summed E-state index contributed by atoms with van der Waals surface area (Å²) in [6.07, 6.45) is 6.31. The van der Waals surface area contributed by atoms with E-state index in [4.69, 9.17) is 0 Å². The number of nitrogens with zero attached hydrogens (tertiary/aromatic N) is 4. The summed E-state index contributed by atoms with van der Waals surface area (Å²) in [5, 5.41) is 16.8. The molecule has 3 aromatic heterocycles. The molecule has 0 aliphatic heterocycles. The molecule has 1 amide bonds. The molecule has 0 saturated heterocycles. The molecule has 1 fully saturated rings. The van der Waals surface area contributed by atoms with Gasteiger partial charge in [0.2, 0.25) is 0 Å². The summed E-state index contributed by atoms with van der Waals surface area (Å²) >= 11 is 0. The van der Waals surface area contributed by atoms with Crippen molar-refractivity contribution in [3.63, 3.8) is 0 Å². The summed E-state index contributed by atoms with van der Waals surface area (Å²) in [7, 11) is 1.84. The second kappa shape index (κ2) is 5.72. The van der Waals surface area contributed by atoms with Gasteiger partial charge in [-0.05, 0) is 30.9 Å². The number of aromatic amines is 1. The van der Waals surface area contributed by atoms with Crippen molar-refractivity contribution in [1.29, 1.82) is 0 Å². The Kier molecular flexibility index (Phi) is 3.53. The highest BCUT2D eigenvalue weighted by Gasteiger charge is 2.36. The van der Waals surface area contributed by atoms with Crippen LogP contribution in [0.5, 0.6) is 0 Å². The summed E-state index contributed by atoms with van der Waals surface area (Å²) in [4.78, 5) is 24.0. The van der Waals surface area contributed by atoms with Crippen LogP contribution in [0.25, 0.3) is 11.2 Å². The van der Waals surface area contributed by atoms with E-state index in [2.05, 4.69) is 25.4 Å². The minimum Gasteiger partial charge on any atom is -0.393 e. The number of rotatable bonds is 4. The number of fused-ring (bicyclic) bond motifs is 1. The third kappa shape index (κ3) is 2.65. The summed E-state index contributed by atoms with van der Waals surface area (Å²) < 4.78 is 1.70. The number of hydrogen-bond donors (Lipinski definition) is 3. The molecule has 0 radical (unpaired) electrons. The molecule has 3 heterocycles. The summed E-state index contributed by atoms with van der Waals surface area (Å²) in [5.41, 5.74) is 2.16. The number of imidazole rings is 1. The minimum absolute atomic E-state index is 0.190. The van der Waals surface area contributed by atoms with Crippen molar-refractivity contribution in [2.75, 3.05) is 0 Å². The zero-order valence-corrected chi connectivity index (χ0v) is 13.2. The van der Waals surface area contributed by atoms with Crippen LogP contribution in [-0.2, 0) is 7.05 Å². The first-order valence-electron chi connectivity index (χ1n) is 7.88. The molecule has 1 aliphatic carbocycles. The van der Waals surface area contributed by atoms with Crippen molar-refractivity contribution >= 4 is 17.1 Å². The van der Waals surface area contributed by atoms with Gasteiger partial charge in [-0.15, -0.1) is 0 Å². The van der Waals surface area contributed by atoms with Crippen LogP contribution in [-0.4, -0.2) is 41.9 Å². The van der Waals surface area contributed by atoms with Crippen LogP contribution in [0.2, 0.25) is 0 Å². The lowest BCUT2D eigenvalue weighted by atomic mass is 9.75. The lowest BCUT2D eigenvalue weighted by molar-refractivity contribution is 0.0234. The Balaban J connectivity index is 1.58. The smallest absolute Gasteiger partial charge is 0.287 e. The number of aliphatic hydroxyl groups is 1. The number of amides is 1. The second-order valence-electron chi connectivity index (χ2n) is 6.24. The van der Waals surface area contributed by atoms with Gasteiger partial charge in [0.05, 0.1) is 23.9 Å². The Labute approximate surface area is 137 Å². The Morgan fingerprint density at radius 1 is 1.50 bits per heavy atom. The van der Waals surface area contributed by atoms with Crippen LogP contribution >= 0.6 is 0 Å². The average molecular weight is 326 g/mol. The van der Waals surface area contributed by atoms with E-state index in [0.717, 1.165) is 11.1 Å². The third-order valence-corrected chi connectivity index (χ3v) is 4.46. The summed E-state index contributed by atoms with van der Waals surface area (Å²) in [5.74, 6) is 0.136. The molecule has 8 nitrogen and oxygen atoms in total. The fourth-order valence-electron chi connectivity index (χ4n) is 3.14. The van der Waals surface area contributed by atoms with E-state index in [9.17, 15) is 9.90 Å². The molecular formula is C16H18N6O2. The number of nitrogens with one attached hydrogen (secondary N) is 2. The monoisotopic (exact) mass is 326 g/mol. The number of carbonyl (C=O) groups is 1. The fraction of sp³-hybridized carbons (Fsp3) is 0.375. The largest absolute Gasteiger partial charge is 0.393 e. The Hall–Kier alpha value is -2.74. The van der Waals surface area contributed by atoms with Crippen LogP contribution in [0.3, 0.4) is 0 Å². The molecule has 1 aliphatic rings. The number of aryl methyl sites for hydroxylation is 1. The maximum atomic E-state index is 12.6. The number of hydrogen-bond acceptors (Lipinski definition) is 5. The van der Waals surface area contributed by atoms with Crippen molar-refractivity contribution in [1.82, 2.24) is 30.0 Å². The number of H-pyrrole nitrogens is 1. The third-order valence-electron chi connectivity index (χ3n) is 4.46. The molecule has 1 saturated carbocycles. The SMILES string of the molecule is Cn1cc([C@@H](NC(=O)c2nc3ncccc3[nH]2)C2CC(O)C2)cn1. The van der Waals surface area contributed by atoms with Gasteiger partial charge in [-0.1, -0.05) is 0 Å². The Bertz CT molecular complexity index is 846. The lowest BCUT2D eigenvalue weighted by Crippen LogP contribution is -2.41. The average Bonchev–Trinajstić information content (AvgIpc) is 3.15. The van der Waals surface area contributed by atoms with Crippen molar-refractivity contribution in [2.24, 2.45) is 13.0 Å². The molecular weight excluding hydrogens is 308 g/mol. The van der Waals surface area contributed by atoms with Gasteiger partial charge in [-0.3, -0.25) is 9.48 Å². The van der Waals surface area contributed by atoms with Gasteiger partial charge in [0.25, 0.3) is 5.91 Å². The van der Waals surface area contributed by atoms with Gasteiger partial charge in [-0.2, -0.15) is 5.10 Å². The van der Waals surface area contributed by atoms with Crippen LogP contribution in [0.4, 0.5) is 0 Å². The summed E-state index contributed by atoms with van der Waals surface area (Å²) in [6, 6.07) is 3.42. The predicted octanol–water partition coefficient (Wildman–Crippen LogP) is 0.933. The van der Waals surface area contributed by atoms with E-state index in [0.29, 0.717) is 18.5 Å². The van der Waals surface area contributed by atoms with E-state index in [1.54, 1.807) is 23.1 Å². The van der Waals surface area contributed by atoms with Gasteiger partial charge < -0.3 is 15.4 Å². The van der Waals surface area contributed by atoms with Gasteiger partial charge in [0.15, 0.2) is 11.5 Å². The van der Waals surface area contributed by atoms with Gasteiger partial charge in [-0.25, -0.2) is 9.97 Å². The maximum Gasteiger partial charge on any atom is 0.287 e. The molecule has 1 atom stereocenters. The van der Waals surface area contributed by atoms with E-state index in [-0.39, 0.29) is 29.8 Å². The number of aliphatic hydroxyl groups excluding tert-OH is 1. The first-order valence-corrected chi connectivity index (χ1v) is 7.88.